The average Bonchev–Trinajstić information content (AvgIpc) is 2.60. The molecule has 16 heavy (non-hydrogen) atoms. The number of carboxylic acid groups (broad SMARTS) is 1. The zero-order valence-corrected chi connectivity index (χ0v) is 9.26. The zero-order valence-electron chi connectivity index (χ0n) is 9.26. The topological polar surface area (TPSA) is 66.6 Å². The summed E-state index contributed by atoms with van der Waals surface area (Å²) in [7, 11) is 1.95. The van der Waals surface area contributed by atoms with Gasteiger partial charge in [-0.3, -0.25) is 4.79 Å². The Morgan fingerprint density at radius 3 is 2.88 bits per heavy atom. The van der Waals surface area contributed by atoms with Crippen LogP contribution in [0.15, 0.2) is 24.3 Å². The Morgan fingerprint density at radius 2 is 2.25 bits per heavy atom. The molecule has 2 rings (SSSR count). The Bertz CT molecular complexity index is 406. The van der Waals surface area contributed by atoms with E-state index in [0.717, 1.165) is 12.1 Å². The Hall–Kier alpha value is -1.55. The first kappa shape index (κ1) is 11.0. The molecule has 0 unspecified atom stereocenters. The number of rotatable bonds is 2. The van der Waals surface area contributed by atoms with E-state index in [9.17, 15) is 9.90 Å². The maximum Gasteiger partial charge on any atom is 0.308 e. The third kappa shape index (κ3) is 2.02. The molecule has 1 aromatic carbocycles. The van der Waals surface area contributed by atoms with Crippen LogP contribution in [0.25, 0.3) is 0 Å². The maximum absolute atomic E-state index is 11.2. The van der Waals surface area contributed by atoms with Crippen molar-refractivity contribution in [2.45, 2.75) is 5.92 Å². The van der Waals surface area contributed by atoms with Gasteiger partial charge in [-0.15, -0.1) is 0 Å². The van der Waals surface area contributed by atoms with Gasteiger partial charge in [-0.25, -0.2) is 0 Å². The van der Waals surface area contributed by atoms with Gasteiger partial charge < -0.3 is 15.7 Å². The van der Waals surface area contributed by atoms with E-state index in [4.69, 9.17) is 5.73 Å². The van der Waals surface area contributed by atoms with Crippen LogP contribution >= 0.6 is 0 Å². The SMILES string of the molecule is CN1C[C@H](C(=O)O)[C@H](c2cccc(N)c2)C1. The van der Waals surface area contributed by atoms with E-state index in [1.807, 2.05) is 36.2 Å². The van der Waals surface area contributed by atoms with Crippen LogP contribution in [0, 0.1) is 5.92 Å². The van der Waals surface area contributed by atoms with Gasteiger partial charge in [-0.2, -0.15) is 0 Å². The lowest BCUT2D eigenvalue weighted by Gasteiger charge is -2.15. The molecule has 2 atom stereocenters. The molecule has 1 saturated heterocycles. The molecule has 0 amide bonds. The first-order chi connectivity index (χ1) is 7.58. The highest BCUT2D eigenvalue weighted by Gasteiger charge is 2.36. The Morgan fingerprint density at radius 1 is 1.50 bits per heavy atom. The van der Waals surface area contributed by atoms with Crippen molar-refractivity contribution in [3.05, 3.63) is 29.8 Å². The molecule has 1 aliphatic heterocycles. The zero-order chi connectivity index (χ0) is 11.7. The van der Waals surface area contributed by atoms with Crippen molar-refractivity contribution in [2.75, 3.05) is 25.9 Å². The van der Waals surface area contributed by atoms with E-state index >= 15 is 0 Å². The van der Waals surface area contributed by atoms with Crippen LogP contribution in [0.3, 0.4) is 0 Å². The van der Waals surface area contributed by atoms with Crippen LogP contribution in [-0.4, -0.2) is 36.1 Å². The van der Waals surface area contributed by atoms with Crippen molar-refractivity contribution in [3.8, 4) is 0 Å². The number of benzene rings is 1. The molecular weight excluding hydrogens is 204 g/mol. The number of nitrogens with two attached hydrogens (primary N) is 1. The Labute approximate surface area is 94.7 Å². The van der Waals surface area contributed by atoms with Crippen LogP contribution in [0.4, 0.5) is 5.69 Å². The molecule has 0 aromatic heterocycles. The van der Waals surface area contributed by atoms with Gasteiger partial charge in [0, 0.05) is 24.7 Å². The highest BCUT2D eigenvalue weighted by molar-refractivity contribution is 5.72. The number of carbonyl (C=O) groups is 1. The fourth-order valence-corrected chi connectivity index (χ4v) is 2.38. The van der Waals surface area contributed by atoms with Crippen molar-refractivity contribution in [1.82, 2.24) is 4.90 Å². The second-order valence-electron chi connectivity index (χ2n) is 4.44. The molecule has 0 spiro atoms. The monoisotopic (exact) mass is 220 g/mol. The molecule has 0 aliphatic carbocycles. The van der Waals surface area contributed by atoms with Crippen LogP contribution in [0.5, 0.6) is 0 Å². The second kappa shape index (κ2) is 4.14. The summed E-state index contributed by atoms with van der Waals surface area (Å²) < 4.78 is 0. The summed E-state index contributed by atoms with van der Waals surface area (Å²) >= 11 is 0. The van der Waals surface area contributed by atoms with E-state index < -0.39 is 5.97 Å². The van der Waals surface area contributed by atoms with Gasteiger partial charge in [-0.1, -0.05) is 12.1 Å². The van der Waals surface area contributed by atoms with Crippen LogP contribution < -0.4 is 5.73 Å². The van der Waals surface area contributed by atoms with Crippen LogP contribution in [0.2, 0.25) is 0 Å². The van der Waals surface area contributed by atoms with E-state index in [0.29, 0.717) is 12.2 Å². The first-order valence-corrected chi connectivity index (χ1v) is 5.34. The lowest BCUT2D eigenvalue weighted by Crippen LogP contribution is -2.21. The van der Waals surface area contributed by atoms with Gasteiger partial charge in [0.2, 0.25) is 0 Å². The van der Waals surface area contributed by atoms with E-state index in [1.54, 1.807) is 0 Å². The molecule has 0 saturated carbocycles. The molecule has 1 aromatic rings. The summed E-state index contributed by atoms with van der Waals surface area (Å²) in [5, 5.41) is 9.17. The molecule has 0 bridgehead atoms. The summed E-state index contributed by atoms with van der Waals surface area (Å²) in [5.74, 6) is -1.01. The van der Waals surface area contributed by atoms with Gasteiger partial charge in [0.05, 0.1) is 5.92 Å². The smallest absolute Gasteiger partial charge is 0.308 e. The molecule has 4 nitrogen and oxygen atoms in total. The molecule has 1 fully saturated rings. The van der Waals surface area contributed by atoms with Crippen molar-refractivity contribution in [3.63, 3.8) is 0 Å². The predicted octanol–water partition coefficient (Wildman–Crippen LogP) is 0.999. The number of likely N-dealkylation sites (tertiary alicyclic amines) is 1. The molecule has 4 heteroatoms. The third-order valence-electron chi connectivity index (χ3n) is 3.16. The number of hydrogen-bond acceptors (Lipinski definition) is 3. The average molecular weight is 220 g/mol. The minimum Gasteiger partial charge on any atom is -0.481 e. The fraction of sp³-hybridized carbons (Fsp3) is 0.417. The Kier molecular flexibility index (Phi) is 2.83. The highest BCUT2D eigenvalue weighted by Crippen LogP contribution is 2.32. The minimum absolute atomic E-state index is 0.0472. The third-order valence-corrected chi connectivity index (χ3v) is 3.16. The van der Waals surface area contributed by atoms with Crippen molar-refractivity contribution in [1.29, 1.82) is 0 Å². The van der Waals surface area contributed by atoms with Crippen molar-refractivity contribution >= 4 is 11.7 Å². The van der Waals surface area contributed by atoms with Crippen molar-refractivity contribution < 1.29 is 9.90 Å². The number of carboxylic acids is 1. The molecular formula is C12H16N2O2. The van der Waals surface area contributed by atoms with E-state index in [2.05, 4.69) is 0 Å². The molecule has 86 valence electrons. The number of nitrogen functional groups attached to an aromatic ring is 1. The molecule has 0 radical (unpaired) electrons. The predicted molar refractivity (Wildman–Crippen MR) is 62.2 cm³/mol. The van der Waals surface area contributed by atoms with Gasteiger partial charge in [-0.05, 0) is 24.7 Å². The van der Waals surface area contributed by atoms with Crippen LogP contribution in [0.1, 0.15) is 11.5 Å². The number of aliphatic carboxylic acids is 1. The molecule has 1 heterocycles. The number of nitrogens with zero attached hydrogens (tertiary/aromatic N) is 1. The van der Waals surface area contributed by atoms with Gasteiger partial charge in [0.25, 0.3) is 0 Å². The lowest BCUT2D eigenvalue weighted by atomic mass is 9.89. The summed E-state index contributed by atoms with van der Waals surface area (Å²) in [6.45, 7) is 1.38. The Balaban J connectivity index is 2.28. The van der Waals surface area contributed by atoms with Gasteiger partial charge >= 0.3 is 5.97 Å². The molecule has 1 aliphatic rings. The quantitative estimate of drug-likeness (QED) is 0.730. The number of likely N-dealkylation sites (N-methyl/N-ethyl adjacent to an activating group) is 1. The van der Waals surface area contributed by atoms with E-state index in [1.165, 1.54) is 0 Å². The maximum atomic E-state index is 11.2. The summed E-state index contributed by atoms with van der Waals surface area (Å²) in [6, 6.07) is 7.52. The van der Waals surface area contributed by atoms with Gasteiger partial charge in [0.1, 0.15) is 0 Å². The largest absolute Gasteiger partial charge is 0.481 e. The summed E-state index contributed by atoms with van der Waals surface area (Å²) in [5.41, 5.74) is 7.44. The van der Waals surface area contributed by atoms with Gasteiger partial charge in [0.15, 0.2) is 0 Å². The minimum atomic E-state index is -0.725. The first-order valence-electron chi connectivity index (χ1n) is 5.34. The summed E-state index contributed by atoms with van der Waals surface area (Å²) in [6.07, 6.45) is 0. The number of hydrogen-bond donors (Lipinski definition) is 2. The second-order valence-corrected chi connectivity index (χ2v) is 4.44. The molecule has 3 N–H and O–H groups in total. The van der Waals surface area contributed by atoms with Crippen LogP contribution in [-0.2, 0) is 4.79 Å². The van der Waals surface area contributed by atoms with Crippen molar-refractivity contribution in [2.24, 2.45) is 5.92 Å². The lowest BCUT2D eigenvalue weighted by molar-refractivity contribution is -0.141. The number of anilines is 1. The standard InChI is InChI=1S/C12H16N2O2/c1-14-6-10(11(7-14)12(15)16)8-3-2-4-9(13)5-8/h2-5,10-11H,6-7,13H2,1H3,(H,15,16)/t10-,11-/m0/s1. The summed E-state index contributed by atoms with van der Waals surface area (Å²) in [4.78, 5) is 13.2. The normalized spacial score (nSPS) is 25.8. The fourth-order valence-electron chi connectivity index (χ4n) is 2.38. The highest BCUT2D eigenvalue weighted by atomic mass is 16.4. The van der Waals surface area contributed by atoms with E-state index in [-0.39, 0.29) is 11.8 Å².